The Hall–Kier alpha value is -3.42. The number of carbonyl (C=O) groups excluding carboxylic acids is 2. The fourth-order valence-corrected chi connectivity index (χ4v) is 2.62. The van der Waals surface area contributed by atoms with Crippen LogP contribution in [0.2, 0.25) is 0 Å². The van der Waals surface area contributed by atoms with Crippen molar-refractivity contribution in [1.82, 2.24) is 5.32 Å². The zero-order valence-electron chi connectivity index (χ0n) is 16.9. The van der Waals surface area contributed by atoms with Gasteiger partial charge >= 0.3 is 0 Å². The van der Waals surface area contributed by atoms with E-state index in [4.69, 9.17) is 23.7 Å². The van der Waals surface area contributed by atoms with E-state index >= 15 is 0 Å². The summed E-state index contributed by atoms with van der Waals surface area (Å²) in [6, 6.07) is 8.28. The Labute approximate surface area is 169 Å². The first-order valence-corrected chi connectivity index (χ1v) is 8.96. The first-order chi connectivity index (χ1) is 14.1. The highest BCUT2D eigenvalue weighted by atomic mass is 16.5. The summed E-state index contributed by atoms with van der Waals surface area (Å²) in [7, 11) is 4.58. The first-order valence-electron chi connectivity index (χ1n) is 8.96. The summed E-state index contributed by atoms with van der Waals surface area (Å²) in [5, 5.41) is 2.77. The number of ether oxygens (including phenoxy) is 5. The first kappa shape index (κ1) is 21.9. The second-order valence-electron chi connectivity index (χ2n) is 5.86. The van der Waals surface area contributed by atoms with Crippen LogP contribution in [-0.4, -0.2) is 46.7 Å². The number of amides is 1. The normalized spacial score (nSPS) is 10.1. The van der Waals surface area contributed by atoms with Gasteiger partial charge in [-0.1, -0.05) is 0 Å². The highest BCUT2D eigenvalue weighted by Gasteiger charge is 2.14. The summed E-state index contributed by atoms with van der Waals surface area (Å²) in [5.74, 6) is 1.97. The number of nitrogens with one attached hydrogen (secondary N) is 1. The lowest BCUT2D eigenvalue weighted by Crippen LogP contribution is -2.28. The molecule has 0 saturated heterocycles. The molecule has 0 fully saturated rings. The van der Waals surface area contributed by atoms with Crippen molar-refractivity contribution in [3.8, 4) is 28.7 Å². The average Bonchev–Trinajstić information content (AvgIpc) is 2.75. The van der Waals surface area contributed by atoms with Crippen LogP contribution in [0.15, 0.2) is 30.3 Å². The molecule has 0 heterocycles. The average molecular weight is 403 g/mol. The van der Waals surface area contributed by atoms with Crippen LogP contribution in [0.4, 0.5) is 0 Å². The van der Waals surface area contributed by atoms with E-state index < -0.39 is 0 Å². The van der Waals surface area contributed by atoms with Crippen molar-refractivity contribution in [3.05, 3.63) is 41.5 Å². The maximum absolute atomic E-state index is 12.2. The molecule has 2 rings (SSSR count). The number of carbonyl (C=O) groups is 2. The predicted molar refractivity (Wildman–Crippen MR) is 106 cm³/mol. The van der Waals surface area contributed by atoms with Crippen LogP contribution >= 0.6 is 0 Å². The van der Waals surface area contributed by atoms with E-state index in [1.807, 2.05) is 6.92 Å². The van der Waals surface area contributed by atoms with E-state index in [1.54, 1.807) is 30.3 Å². The summed E-state index contributed by atoms with van der Waals surface area (Å²) in [6.45, 7) is 2.28. The minimum absolute atomic E-state index is 0.203. The third-order valence-corrected chi connectivity index (χ3v) is 3.98. The van der Waals surface area contributed by atoms with Crippen LogP contribution in [0, 0.1) is 0 Å². The molecule has 8 nitrogen and oxygen atoms in total. The van der Waals surface area contributed by atoms with Crippen LogP contribution in [0.5, 0.6) is 28.7 Å². The Balaban J connectivity index is 1.99. The van der Waals surface area contributed by atoms with E-state index in [9.17, 15) is 9.59 Å². The molecule has 0 atom stereocenters. The molecule has 8 heteroatoms. The van der Waals surface area contributed by atoms with Gasteiger partial charge in [0.2, 0.25) is 5.75 Å². The lowest BCUT2D eigenvalue weighted by atomic mass is 10.1. The third kappa shape index (κ3) is 5.78. The molecular formula is C21H25NO7. The number of benzene rings is 2. The van der Waals surface area contributed by atoms with Crippen molar-refractivity contribution < 1.29 is 33.3 Å². The number of aldehydes is 1. The Morgan fingerprint density at radius 3 is 2.17 bits per heavy atom. The van der Waals surface area contributed by atoms with Crippen molar-refractivity contribution in [3.63, 3.8) is 0 Å². The number of rotatable bonds is 11. The summed E-state index contributed by atoms with van der Waals surface area (Å²) >= 11 is 0. The third-order valence-electron chi connectivity index (χ3n) is 3.98. The van der Waals surface area contributed by atoms with E-state index in [0.717, 1.165) is 11.8 Å². The van der Waals surface area contributed by atoms with Crippen LogP contribution < -0.4 is 29.0 Å². The van der Waals surface area contributed by atoms with Gasteiger partial charge in [0.25, 0.3) is 5.91 Å². The Bertz CT molecular complexity index is 826. The zero-order valence-corrected chi connectivity index (χ0v) is 16.9. The predicted octanol–water partition coefficient (Wildman–Crippen LogP) is 2.62. The van der Waals surface area contributed by atoms with Gasteiger partial charge in [-0.25, -0.2) is 0 Å². The molecule has 0 aliphatic heterocycles. The summed E-state index contributed by atoms with van der Waals surface area (Å²) in [4.78, 5) is 23.1. The van der Waals surface area contributed by atoms with E-state index in [-0.39, 0.29) is 19.1 Å². The second-order valence-corrected chi connectivity index (χ2v) is 5.86. The molecule has 0 spiro atoms. The molecule has 0 aliphatic rings. The maximum Gasteiger partial charge on any atom is 0.258 e. The minimum Gasteiger partial charge on any atom is -0.493 e. The lowest BCUT2D eigenvalue weighted by Gasteiger charge is -2.15. The van der Waals surface area contributed by atoms with Gasteiger partial charge in [0.1, 0.15) is 6.29 Å². The summed E-state index contributed by atoms with van der Waals surface area (Å²) in [6.07, 6.45) is 0.719. The van der Waals surface area contributed by atoms with Gasteiger partial charge in [0.15, 0.2) is 29.6 Å². The Morgan fingerprint density at radius 1 is 0.931 bits per heavy atom. The molecule has 0 unspecified atom stereocenters. The van der Waals surface area contributed by atoms with Gasteiger partial charge in [-0.05, 0) is 42.8 Å². The highest BCUT2D eigenvalue weighted by molar-refractivity contribution is 5.78. The van der Waals surface area contributed by atoms with Gasteiger partial charge in [-0.2, -0.15) is 0 Å². The standard InChI is InChI=1S/C21H25NO7/c1-5-28-17-8-14(12-23)6-7-16(17)29-13-20(24)22-11-15-9-18(25-2)21(27-4)19(10-15)26-3/h6-10,12H,5,11,13H2,1-4H3,(H,22,24). The Morgan fingerprint density at radius 2 is 1.62 bits per heavy atom. The SMILES string of the molecule is CCOc1cc(C=O)ccc1OCC(=O)NCc1cc(OC)c(OC)c(OC)c1. The number of hydrogen-bond donors (Lipinski definition) is 1. The molecule has 0 aliphatic carbocycles. The highest BCUT2D eigenvalue weighted by Crippen LogP contribution is 2.38. The van der Waals surface area contributed by atoms with E-state index in [2.05, 4.69) is 5.32 Å². The molecule has 2 aromatic rings. The quantitative estimate of drug-likeness (QED) is 0.577. The Kier molecular flexibility index (Phi) is 8.14. The van der Waals surface area contributed by atoms with Crippen molar-refractivity contribution in [2.75, 3.05) is 34.5 Å². The van der Waals surface area contributed by atoms with Crippen molar-refractivity contribution in [1.29, 1.82) is 0 Å². The van der Waals surface area contributed by atoms with E-state index in [0.29, 0.717) is 40.9 Å². The lowest BCUT2D eigenvalue weighted by molar-refractivity contribution is -0.123. The fourth-order valence-electron chi connectivity index (χ4n) is 2.62. The molecule has 29 heavy (non-hydrogen) atoms. The molecule has 2 aromatic carbocycles. The molecule has 1 amide bonds. The maximum atomic E-state index is 12.2. The molecular weight excluding hydrogens is 378 g/mol. The summed E-state index contributed by atoms with van der Waals surface area (Å²) in [5.41, 5.74) is 1.24. The molecule has 0 bridgehead atoms. The van der Waals surface area contributed by atoms with Crippen LogP contribution in [0.3, 0.4) is 0 Å². The van der Waals surface area contributed by atoms with Gasteiger partial charge in [0.05, 0.1) is 27.9 Å². The molecule has 0 radical (unpaired) electrons. The number of hydrogen-bond acceptors (Lipinski definition) is 7. The largest absolute Gasteiger partial charge is 0.493 e. The molecule has 156 valence electrons. The van der Waals surface area contributed by atoms with Crippen molar-refractivity contribution in [2.24, 2.45) is 0 Å². The second kappa shape index (κ2) is 10.8. The monoisotopic (exact) mass is 403 g/mol. The minimum atomic E-state index is -0.319. The van der Waals surface area contributed by atoms with Gasteiger partial charge < -0.3 is 29.0 Å². The van der Waals surface area contributed by atoms with E-state index in [1.165, 1.54) is 21.3 Å². The van der Waals surface area contributed by atoms with Crippen molar-refractivity contribution in [2.45, 2.75) is 13.5 Å². The smallest absolute Gasteiger partial charge is 0.258 e. The summed E-state index contributed by atoms with van der Waals surface area (Å²) < 4.78 is 26.9. The van der Waals surface area contributed by atoms with Gasteiger partial charge in [-0.15, -0.1) is 0 Å². The van der Waals surface area contributed by atoms with Crippen LogP contribution in [-0.2, 0) is 11.3 Å². The zero-order chi connectivity index (χ0) is 21.2. The fraction of sp³-hybridized carbons (Fsp3) is 0.333. The van der Waals surface area contributed by atoms with Gasteiger partial charge in [0, 0.05) is 12.1 Å². The van der Waals surface area contributed by atoms with Crippen LogP contribution in [0.1, 0.15) is 22.8 Å². The molecule has 0 aromatic heterocycles. The van der Waals surface area contributed by atoms with Crippen molar-refractivity contribution >= 4 is 12.2 Å². The molecule has 1 N–H and O–H groups in total. The topological polar surface area (TPSA) is 92.3 Å². The molecule has 0 saturated carbocycles. The van der Waals surface area contributed by atoms with Crippen LogP contribution in [0.25, 0.3) is 0 Å². The number of methoxy groups -OCH3 is 3. The van der Waals surface area contributed by atoms with Gasteiger partial charge in [-0.3, -0.25) is 9.59 Å².